The summed E-state index contributed by atoms with van der Waals surface area (Å²) in [4.78, 5) is 28.0. The second kappa shape index (κ2) is 7.37. The number of anilines is 1. The zero-order valence-electron chi connectivity index (χ0n) is 16.6. The third kappa shape index (κ3) is 3.86. The number of hydrogen-bond donors (Lipinski definition) is 2. The van der Waals surface area contributed by atoms with Gasteiger partial charge in [0.2, 0.25) is 0 Å². The van der Waals surface area contributed by atoms with E-state index in [2.05, 4.69) is 23.2 Å². The van der Waals surface area contributed by atoms with Crippen molar-refractivity contribution in [1.29, 1.82) is 0 Å². The van der Waals surface area contributed by atoms with E-state index in [0.29, 0.717) is 0 Å². The molecule has 1 saturated carbocycles. The van der Waals surface area contributed by atoms with Gasteiger partial charge in [0.25, 0.3) is 5.91 Å². The molecule has 3 amide bonds. The smallest absolute Gasteiger partial charge is 0.316 e. The molecular weight excluding hydrogens is 356 g/mol. The molecule has 0 unspecified atom stereocenters. The molecule has 7 heteroatoms. The molecule has 2 spiro atoms. The summed E-state index contributed by atoms with van der Waals surface area (Å²) in [6.45, 7) is 6.51. The molecular formula is C21H30N4O3. The highest BCUT2D eigenvalue weighted by atomic mass is 16.5. The lowest BCUT2D eigenvalue weighted by molar-refractivity contribution is -0.200. The van der Waals surface area contributed by atoms with Gasteiger partial charge in [-0.25, -0.2) is 4.79 Å². The average molecular weight is 386 g/mol. The summed E-state index contributed by atoms with van der Waals surface area (Å²) in [5.41, 5.74) is 6.44. The summed E-state index contributed by atoms with van der Waals surface area (Å²) >= 11 is 0. The summed E-state index contributed by atoms with van der Waals surface area (Å²) in [7, 11) is 0. The second-order valence-electron chi connectivity index (χ2n) is 8.38. The van der Waals surface area contributed by atoms with E-state index >= 15 is 0 Å². The Morgan fingerprint density at radius 1 is 1.25 bits per heavy atom. The number of likely N-dealkylation sites (tertiary alicyclic amines) is 1. The van der Waals surface area contributed by atoms with Gasteiger partial charge in [-0.3, -0.25) is 4.79 Å². The number of nitrogens with two attached hydrogens (primary N) is 1. The fourth-order valence-corrected chi connectivity index (χ4v) is 4.56. The summed E-state index contributed by atoms with van der Waals surface area (Å²) in [5, 5.41) is 2.63. The molecule has 0 bridgehead atoms. The van der Waals surface area contributed by atoms with Crippen molar-refractivity contribution in [2.24, 2.45) is 5.73 Å². The van der Waals surface area contributed by atoms with Crippen molar-refractivity contribution < 1.29 is 14.3 Å². The number of carbonyl (C=O) groups excluding carboxylic acids is 2. The number of likely N-dealkylation sites (N-methyl/N-ethyl adjacent to an activating group) is 1. The molecule has 1 aliphatic carbocycles. The van der Waals surface area contributed by atoms with Crippen molar-refractivity contribution in [3.05, 3.63) is 29.8 Å². The van der Waals surface area contributed by atoms with Crippen LogP contribution in [0.4, 0.5) is 10.5 Å². The monoisotopic (exact) mass is 386 g/mol. The van der Waals surface area contributed by atoms with Crippen molar-refractivity contribution in [2.75, 3.05) is 38.0 Å². The standard InChI is InChI=1S/C21H30N4O3/c1-2-25-15-20(28-21(7-8-21)18(25)26)9-12-24(13-10-20)11-6-16-4-3-5-17(14-16)23-19(22)27/h3-5,14H,2,6-13,15H2,1H3,(H3,22,23,27). The number of benzene rings is 1. The first-order valence-electron chi connectivity index (χ1n) is 10.3. The summed E-state index contributed by atoms with van der Waals surface area (Å²) in [6.07, 6.45) is 4.63. The van der Waals surface area contributed by atoms with Crippen LogP contribution >= 0.6 is 0 Å². The predicted molar refractivity (Wildman–Crippen MR) is 107 cm³/mol. The summed E-state index contributed by atoms with van der Waals surface area (Å²) < 4.78 is 6.45. The van der Waals surface area contributed by atoms with Gasteiger partial charge in [-0.05, 0) is 56.7 Å². The molecule has 1 aromatic carbocycles. The molecule has 2 aliphatic heterocycles. The van der Waals surface area contributed by atoms with Gasteiger partial charge < -0.3 is 25.6 Å². The third-order valence-electron chi connectivity index (χ3n) is 6.33. The number of ether oxygens (including phenoxy) is 1. The minimum atomic E-state index is -0.543. The van der Waals surface area contributed by atoms with Crippen molar-refractivity contribution in [1.82, 2.24) is 9.80 Å². The van der Waals surface area contributed by atoms with Crippen LogP contribution < -0.4 is 11.1 Å². The van der Waals surface area contributed by atoms with Crippen molar-refractivity contribution >= 4 is 17.6 Å². The Bertz CT molecular complexity index is 754. The van der Waals surface area contributed by atoms with Crippen LogP contribution in [-0.4, -0.2) is 65.7 Å². The van der Waals surface area contributed by atoms with E-state index < -0.39 is 11.6 Å². The number of piperidine rings is 1. The van der Waals surface area contributed by atoms with E-state index in [-0.39, 0.29) is 11.5 Å². The Morgan fingerprint density at radius 2 is 2.00 bits per heavy atom. The second-order valence-corrected chi connectivity index (χ2v) is 8.38. The Hall–Kier alpha value is -2.12. The first-order valence-corrected chi connectivity index (χ1v) is 10.3. The highest BCUT2D eigenvalue weighted by Crippen LogP contribution is 2.49. The minimum Gasteiger partial charge on any atom is -0.357 e. The number of primary amides is 1. The maximum Gasteiger partial charge on any atom is 0.316 e. The van der Waals surface area contributed by atoms with Crippen molar-refractivity contribution in [3.63, 3.8) is 0 Å². The minimum absolute atomic E-state index is 0.164. The number of hydrogen-bond acceptors (Lipinski definition) is 4. The number of amides is 3. The normalized spacial score (nSPS) is 23.2. The molecule has 0 aromatic heterocycles. The Labute approximate surface area is 166 Å². The number of rotatable bonds is 5. The zero-order chi connectivity index (χ0) is 19.8. The lowest BCUT2D eigenvalue weighted by Gasteiger charge is -2.50. The van der Waals surface area contributed by atoms with Crippen molar-refractivity contribution in [2.45, 2.75) is 50.2 Å². The van der Waals surface area contributed by atoms with Gasteiger partial charge >= 0.3 is 6.03 Å². The number of nitrogens with one attached hydrogen (secondary N) is 1. The molecule has 4 rings (SSSR count). The molecule has 0 radical (unpaired) electrons. The van der Waals surface area contributed by atoms with Crippen LogP contribution in [0.15, 0.2) is 24.3 Å². The molecule has 2 saturated heterocycles. The number of morpholine rings is 1. The van der Waals surface area contributed by atoms with Crippen LogP contribution in [0.25, 0.3) is 0 Å². The number of nitrogens with zero attached hydrogens (tertiary/aromatic N) is 2. The molecule has 3 N–H and O–H groups in total. The molecule has 7 nitrogen and oxygen atoms in total. The van der Waals surface area contributed by atoms with E-state index in [9.17, 15) is 9.59 Å². The van der Waals surface area contributed by atoms with E-state index in [1.165, 1.54) is 5.56 Å². The fourth-order valence-electron chi connectivity index (χ4n) is 4.56. The first kappa shape index (κ1) is 19.2. The van der Waals surface area contributed by atoms with E-state index in [4.69, 9.17) is 10.5 Å². The van der Waals surface area contributed by atoms with Crippen LogP contribution in [-0.2, 0) is 16.0 Å². The SMILES string of the molecule is CCN1CC2(CCN(CCc3cccc(NC(N)=O)c3)CC2)OC2(CC2)C1=O. The molecule has 28 heavy (non-hydrogen) atoms. The molecule has 3 aliphatic rings. The quantitative estimate of drug-likeness (QED) is 0.810. The Balaban J connectivity index is 1.31. The van der Waals surface area contributed by atoms with E-state index in [1.54, 1.807) is 0 Å². The number of urea groups is 1. The van der Waals surface area contributed by atoms with Gasteiger partial charge in [-0.1, -0.05) is 12.1 Å². The Morgan fingerprint density at radius 3 is 2.64 bits per heavy atom. The van der Waals surface area contributed by atoms with Gasteiger partial charge in [-0.15, -0.1) is 0 Å². The summed E-state index contributed by atoms with van der Waals surface area (Å²) in [5.74, 6) is 0.201. The van der Waals surface area contributed by atoms with Gasteiger partial charge in [-0.2, -0.15) is 0 Å². The lowest BCUT2D eigenvalue weighted by atomic mass is 9.87. The highest BCUT2D eigenvalue weighted by molar-refractivity contribution is 5.89. The van der Waals surface area contributed by atoms with Crippen molar-refractivity contribution in [3.8, 4) is 0 Å². The molecule has 2 heterocycles. The van der Waals surface area contributed by atoms with E-state index in [0.717, 1.165) is 70.5 Å². The largest absolute Gasteiger partial charge is 0.357 e. The van der Waals surface area contributed by atoms with Crippen LogP contribution in [0.2, 0.25) is 0 Å². The van der Waals surface area contributed by atoms with Gasteiger partial charge in [0.05, 0.1) is 5.60 Å². The molecule has 1 aromatic rings. The maximum atomic E-state index is 12.5. The number of carbonyl (C=O) groups is 2. The first-order chi connectivity index (χ1) is 13.4. The van der Waals surface area contributed by atoms with Gasteiger partial charge in [0, 0.05) is 38.4 Å². The van der Waals surface area contributed by atoms with Crippen LogP contribution in [0.1, 0.15) is 38.2 Å². The predicted octanol–water partition coefficient (Wildman–Crippen LogP) is 1.97. The molecule has 0 atom stereocenters. The zero-order valence-corrected chi connectivity index (χ0v) is 16.6. The topological polar surface area (TPSA) is 87.9 Å². The lowest BCUT2D eigenvalue weighted by Crippen LogP contribution is -2.62. The third-order valence-corrected chi connectivity index (χ3v) is 6.33. The van der Waals surface area contributed by atoms with Gasteiger partial charge in [0.1, 0.15) is 5.60 Å². The average Bonchev–Trinajstić information content (AvgIpc) is 3.44. The van der Waals surface area contributed by atoms with Crippen LogP contribution in [0.3, 0.4) is 0 Å². The van der Waals surface area contributed by atoms with E-state index in [1.807, 2.05) is 23.1 Å². The Kier molecular flexibility index (Phi) is 5.05. The highest BCUT2D eigenvalue weighted by Gasteiger charge is 2.61. The molecule has 152 valence electrons. The maximum absolute atomic E-state index is 12.5. The molecule has 3 fully saturated rings. The van der Waals surface area contributed by atoms with Crippen LogP contribution in [0.5, 0.6) is 0 Å². The summed E-state index contributed by atoms with van der Waals surface area (Å²) in [6, 6.07) is 7.28. The fraction of sp³-hybridized carbons (Fsp3) is 0.619. The van der Waals surface area contributed by atoms with Gasteiger partial charge in [0.15, 0.2) is 0 Å². The van der Waals surface area contributed by atoms with Crippen LogP contribution in [0, 0.1) is 0 Å².